The van der Waals surface area contributed by atoms with E-state index in [4.69, 9.17) is 15.9 Å². The molecule has 0 aliphatic carbocycles. The average molecular weight is 435 g/mol. The van der Waals surface area contributed by atoms with Crippen LogP contribution in [0.2, 0.25) is 0 Å². The average Bonchev–Trinajstić information content (AvgIpc) is 3.19. The van der Waals surface area contributed by atoms with Crippen LogP contribution in [-0.2, 0) is 26.9 Å². The van der Waals surface area contributed by atoms with Crippen molar-refractivity contribution in [3.8, 4) is 12.3 Å². The maximum atomic E-state index is 13.3. The monoisotopic (exact) mass is 435 g/mol. The molecule has 1 saturated heterocycles. The van der Waals surface area contributed by atoms with Gasteiger partial charge in [-0.2, -0.15) is 13.2 Å². The number of carboxylic acid groups (broad SMARTS) is 1. The normalized spacial score (nSPS) is 15.5. The van der Waals surface area contributed by atoms with Crippen LogP contribution >= 0.6 is 0 Å². The minimum atomic E-state index is -4.53. The van der Waals surface area contributed by atoms with Crippen molar-refractivity contribution in [1.29, 1.82) is 0 Å². The van der Waals surface area contributed by atoms with Gasteiger partial charge in [0.05, 0.1) is 36.5 Å². The lowest BCUT2D eigenvalue weighted by Crippen LogP contribution is -2.20. The number of rotatable bonds is 6. The van der Waals surface area contributed by atoms with E-state index in [9.17, 15) is 23.1 Å². The number of halogens is 3. The zero-order chi connectivity index (χ0) is 22.8. The molecular formula is C21H20F3N3O4. The highest BCUT2D eigenvalue weighted by molar-refractivity contribution is 5.71. The van der Waals surface area contributed by atoms with Gasteiger partial charge in [-0.25, -0.2) is 9.97 Å². The largest absolute Gasteiger partial charge is 0.481 e. The predicted octanol–water partition coefficient (Wildman–Crippen LogP) is 3.57. The fraction of sp³-hybridized carbons (Fsp3) is 0.381. The summed E-state index contributed by atoms with van der Waals surface area (Å²) in [7, 11) is 0. The van der Waals surface area contributed by atoms with E-state index in [1.807, 2.05) is 0 Å². The molecule has 1 atom stereocenters. The molecule has 1 aliphatic heterocycles. The second-order valence-corrected chi connectivity index (χ2v) is 6.89. The Morgan fingerprint density at radius 3 is 2.58 bits per heavy atom. The van der Waals surface area contributed by atoms with E-state index in [-0.39, 0.29) is 47.2 Å². The van der Waals surface area contributed by atoms with E-state index in [1.54, 1.807) is 6.92 Å². The Morgan fingerprint density at radius 2 is 2.00 bits per heavy atom. The number of nitrogens with zero attached hydrogens (tertiary/aromatic N) is 2. The highest BCUT2D eigenvalue weighted by Crippen LogP contribution is 2.37. The summed E-state index contributed by atoms with van der Waals surface area (Å²) in [5.41, 5.74) is -0.133. The van der Waals surface area contributed by atoms with Gasteiger partial charge in [0.1, 0.15) is 17.7 Å². The molecule has 1 aliphatic rings. The Bertz CT molecular complexity index is 1030. The molecule has 0 spiro atoms. The Hall–Kier alpha value is -3.16. The first-order valence-corrected chi connectivity index (χ1v) is 9.33. The molecule has 3 rings (SSSR count). The number of benzene rings is 1. The number of aryl methyl sites for hydroxylation is 1. The van der Waals surface area contributed by atoms with Crippen molar-refractivity contribution >= 4 is 11.8 Å². The van der Waals surface area contributed by atoms with Gasteiger partial charge in [-0.05, 0) is 31.0 Å². The van der Waals surface area contributed by atoms with Crippen molar-refractivity contribution in [3.63, 3.8) is 0 Å². The molecule has 1 fully saturated rings. The molecule has 0 bridgehead atoms. The van der Waals surface area contributed by atoms with Crippen molar-refractivity contribution < 1.29 is 32.5 Å². The van der Waals surface area contributed by atoms with Crippen LogP contribution in [0.4, 0.5) is 19.0 Å². The molecule has 2 aromatic rings. The maximum absolute atomic E-state index is 13.3. The smallest absolute Gasteiger partial charge is 0.416 e. The van der Waals surface area contributed by atoms with Crippen molar-refractivity contribution in [2.24, 2.45) is 0 Å². The lowest BCUT2D eigenvalue weighted by Gasteiger charge is -2.23. The standard InChI is InChI=1S/C21H20F3N3O4/c1-4-15(13-6-5-7-14(11(13)2)21(22,23)24)27-19-18(20-30-8-9-31-20)16(10-17(28)29)25-12(3)26-19/h1,5-7,15,20H,8-10H2,2-3H3,(H,28,29)(H,25,26,27)/t15-/m1/s1. The summed E-state index contributed by atoms with van der Waals surface area (Å²) in [6.45, 7) is 3.48. The van der Waals surface area contributed by atoms with E-state index in [0.717, 1.165) is 6.07 Å². The van der Waals surface area contributed by atoms with Gasteiger partial charge < -0.3 is 19.9 Å². The molecule has 31 heavy (non-hydrogen) atoms. The SMILES string of the molecule is C#C[C@@H](Nc1nc(C)nc(CC(=O)O)c1C1OCCO1)c1cccc(C(F)(F)F)c1C. The summed E-state index contributed by atoms with van der Waals surface area (Å²) in [6, 6.07) is 2.78. The zero-order valence-corrected chi connectivity index (χ0v) is 16.8. The molecule has 0 unspecified atom stereocenters. The van der Waals surface area contributed by atoms with Gasteiger partial charge in [0.25, 0.3) is 0 Å². The van der Waals surface area contributed by atoms with Gasteiger partial charge in [-0.1, -0.05) is 18.1 Å². The fourth-order valence-electron chi connectivity index (χ4n) is 3.42. The van der Waals surface area contributed by atoms with Crippen molar-refractivity contribution in [2.75, 3.05) is 18.5 Å². The van der Waals surface area contributed by atoms with E-state index in [0.29, 0.717) is 0 Å². The van der Waals surface area contributed by atoms with Crippen molar-refractivity contribution in [3.05, 3.63) is 52.0 Å². The Labute approximate surface area is 176 Å². The number of aliphatic carboxylic acids is 1. The predicted molar refractivity (Wildman–Crippen MR) is 104 cm³/mol. The van der Waals surface area contributed by atoms with Crippen molar-refractivity contribution in [2.45, 2.75) is 38.8 Å². The Balaban J connectivity index is 2.08. The fourth-order valence-corrected chi connectivity index (χ4v) is 3.42. The van der Waals surface area contributed by atoms with Gasteiger partial charge >= 0.3 is 12.1 Å². The third-order valence-electron chi connectivity index (χ3n) is 4.75. The van der Waals surface area contributed by atoms with E-state index < -0.39 is 36.5 Å². The van der Waals surface area contributed by atoms with E-state index in [1.165, 1.54) is 19.1 Å². The van der Waals surface area contributed by atoms with Crippen LogP contribution in [0.3, 0.4) is 0 Å². The summed E-state index contributed by atoms with van der Waals surface area (Å²) < 4.78 is 51.0. The lowest BCUT2D eigenvalue weighted by molar-refractivity contribution is -0.138. The molecule has 0 radical (unpaired) electrons. The van der Waals surface area contributed by atoms with Crippen LogP contribution in [0, 0.1) is 26.2 Å². The molecule has 1 aromatic carbocycles. The highest BCUT2D eigenvalue weighted by atomic mass is 19.4. The van der Waals surface area contributed by atoms with Crippen LogP contribution in [0.25, 0.3) is 0 Å². The number of ether oxygens (including phenoxy) is 2. The van der Waals surface area contributed by atoms with Crippen LogP contribution in [0.15, 0.2) is 18.2 Å². The number of aromatic nitrogens is 2. The molecule has 10 heteroatoms. The second-order valence-electron chi connectivity index (χ2n) is 6.89. The summed E-state index contributed by atoms with van der Waals surface area (Å²) in [6.07, 6.45) is -0.219. The number of hydrogen-bond donors (Lipinski definition) is 2. The number of hydrogen-bond acceptors (Lipinski definition) is 6. The lowest BCUT2D eigenvalue weighted by atomic mass is 9.96. The van der Waals surface area contributed by atoms with Gasteiger partial charge in [-0.3, -0.25) is 4.79 Å². The summed E-state index contributed by atoms with van der Waals surface area (Å²) in [5.74, 6) is 1.74. The number of carbonyl (C=O) groups is 1. The molecule has 7 nitrogen and oxygen atoms in total. The minimum absolute atomic E-state index is 0.0168. The quantitative estimate of drug-likeness (QED) is 0.670. The van der Waals surface area contributed by atoms with Crippen LogP contribution in [-0.4, -0.2) is 34.3 Å². The number of nitrogens with one attached hydrogen (secondary N) is 1. The molecular weight excluding hydrogens is 415 g/mol. The third kappa shape index (κ3) is 4.95. The van der Waals surface area contributed by atoms with E-state index in [2.05, 4.69) is 21.2 Å². The molecule has 164 valence electrons. The Kier molecular flexibility index (Phi) is 6.48. The second kappa shape index (κ2) is 8.91. The summed E-state index contributed by atoms with van der Waals surface area (Å²) in [5, 5.41) is 12.2. The van der Waals surface area contributed by atoms with Crippen LogP contribution < -0.4 is 5.32 Å². The first kappa shape index (κ1) is 22.5. The minimum Gasteiger partial charge on any atom is -0.481 e. The number of anilines is 1. The Morgan fingerprint density at radius 1 is 1.32 bits per heavy atom. The van der Waals surface area contributed by atoms with Gasteiger partial charge in [0.15, 0.2) is 6.29 Å². The molecule has 2 N–H and O–H groups in total. The van der Waals surface area contributed by atoms with Crippen LogP contribution in [0.1, 0.15) is 46.1 Å². The number of carboxylic acids is 1. The molecule has 0 amide bonds. The first-order valence-electron chi connectivity index (χ1n) is 9.33. The van der Waals surface area contributed by atoms with E-state index >= 15 is 0 Å². The highest BCUT2D eigenvalue weighted by Gasteiger charge is 2.34. The van der Waals surface area contributed by atoms with Gasteiger partial charge in [-0.15, -0.1) is 6.42 Å². The topological polar surface area (TPSA) is 93.6 Å². The first-order chi connectivity index (χ1) is 14.6. The molecule has 1 aromatic heterocycles. The molecule has 2 heterocycles. The summed E-state index contributed by atoms with van der Waals surface area (Å²) >= 11 is 0. The maximum Gasteiger partial charge on any atom is 0.416 e. The van der Waals surface area contributed by atoms with Gasteiger partial charge in [0.2, 0.25) is 0 Å². The number of terminal acetylenes is 1. The summed E-state index contributed by atoms with van der Waals surface area (Å²) in [4.78, 5) is 19.8. The zero-order valence-electron chi connectivity index (χ0n) is 16.8. The van der Waals surface area contributed by atoms with Crippen molar-refractivity contribution in [1.82, 2.24) is 9.97 Å². The third-order valence-corrected chi connectivity index (χ3v) is 4.75. The molecule has 0 saturated carbocycles. The van der Waals surface area contributed by atoms with Gasteiger partial charge in [0, 0.05) is 0 Å². The van der Waals surface area contributed by atoms with Crippen LogP contribution in [0.5, 0.6) is 0 Å². The number of alkyl halides is 3.